The highest BCUT2D eigenvalue weighted by atomic mass is 35.5. The van der Waals surface area contributed by atoms with E-state index in [9.17, 15) is 9.59 Å². The molecule has 1 aromatic carbocycles. The molecule has 1 N–H and O–H groups in total. The number of piperidine rings is 1. The second kappa shape index (κ2) is 7.35. The predicted molar refractivity (Wildman–Crippen MR) is 92.4 cm³/mol. The lowest BCUT2D eigenvalue weighted by Crippen LogP contribution is -2.49. The normalized spacial score (nSPS) is 16.3. The van der Waals surface area contributed by atoms with Gasteiger partial charge >= 0.3 is 0 Å². The Hall–Kier alpha value is -1.55. The molecule has 23 heavy (non-hydrogen) atoms. The first-order valence-corrected chi connectivity index (χ1v) is 8.46. The van der Waals surface area contributed by atoms with Crippen molar-refractivity contribution >= 4 is 23.4 Å². The third-order valence-corrected chi connectivity index (χ3v) is 4.32. The summed E-state index contributed by atoms with van der Waals surface area (Å²) < 4.78 is 0. The molecule has 1 aliphatic rings. The van der Waals surface area contributed by atoms with Gasteiger partial charge < -0.3 is 10.2 Å². The molecule has 5 heteroatoms. The van der Waals surface area contributed by atoms with Gasteiger partial charge in [0.25, 0.3) is 0 Å². The van der Waals surface area contributed by atoms with Crippen molar-refractivity contribution in [2.75, 3.05) is 13.1 Å². The Labute approximate surface area is 143 Å². The van der Waals surface area contributed by atoms with Crippen molar-refractivity contribution in [3.05, 3.63) is 34.9 Å². The smallest absolute Gasteiger partial charge is 0.227 e. The average Bonchev–Trinajstić information content (AvgIpc) is 2.49. The van der Waals surface area contributed by atoms with E-state index in [1.54, 1.807) is 12.1 Å². The van der Waals surface area contributed by atoms with Crippen molar-refractivity contribution in [3.8, 4) is 0 Å². The molecule has 126 valence electrons. The summed E-state index contributed by atoms with van der Waals surface area (Å²) in [5.74, 6) is 0.205. The number of nitrogens with one attached hydrogen (secondary N) is 1. The Morgan fingerprint density at radius 2 is 1.74 bits per heavy atom. The zero-order valence-electron chi connectivity index (χ0n) is 14.1. The molecular weight excluding hydrogens is 312 g/mol. The van der Waals surface area contributed by atoms with Crippen LogP contribution in [0.1, 0.15) is 39.2 Å². The summed E-state index contributed by atoms with van der Waals surface area (Å²) in [5.41, 5.74) is 0.609. The summed E-state index contributed by atoms with van der Waals surface area (Å²) >= 11 is 5.84. The summed E-state index contributed by atoms with van der Waals surface area (Å²) in [7, 11) is 0. The van der Waals surface area contributed by atoms with Crippen LogP contribution in [0.4, 0.5) is 0 Å². The Balaban J connectivity index is 1.79. The first-order chi connectivity index (χ1) is 10.8. The second-order valence-corrected chi connectivity index (χ2v) is 7.62. The van der Waals surface area contributed by atoms with E-state index in [2.05, 4.69) is 5.32 Å². The molecule has 0 unspecified atom stereocenters. The van der Waals surface area contributed by atoms with Crippen molar-refractivity contribution in [2.24, 2.45) is 5.41 Å². The molecule has 1 aromatic rings. The van der Waals surface area contributed by atoms with E-state index in [-0.39, 0.29) is 23.3 Å². The first-order valence-electron chi connectivity index (χ1n) is 8.09. The monoisotopic (exact) mass is 336 g/mol. The lowest BCUT2D eigenvalue weighted by molar-refractivity contribution is -0.140. The number of amides is 2. The molecule has 0 saturated carbocycles. The summed E-state index contributed by atoms with van der Waals surface area (Å²) in [5, 5.41) is 3.74. The average molecular weight is 337 g/mol. The van der Waals surface area contributed by atoms with Crippen LogP contribution in [0.25, 0.3) is 0 Å². The van der Waals surface area contributed by atoms with Gasteiger partial charge in [0.1, 0.15) is 0 Å². The zero-order chi connectivity index (χ0) is 17.0. The van der Waals surface area contributed by atoms with Gasteiger partial charge in [0.05, 0.1) is 6.42 Å². The molecule has 0 aliphatic carbocycles. The standard InChI is InChI=1S/C18H25ClN2O2/c1-18(2,3)17(23)21-10-8-15(9-11-21)20-16(22)12-13-4-6-14(19)7-5-13/h4-7,15H,8-12H2,1-3H3,(H,20,22). The summed E-state index contributed by atoms with van der Waals surface area (Å²) in [6.07, 6.45) is 1.99. The summed E-state index contributed by atoms with van der Waals surface area (Å²) in [4.78, 5) is 26.3. The van der Waals surface area contributed by atoms with Gasteiger partial charge in [-0.2, -0.15) is 0 Å². The van der Waals surface area contributed by atoms with Gasteiger partial charge in [0.2, 0.25) is 11.8 Å². The van der Waals surface area contributed by atoms with E-state index in [0.29, 0.717) is 24.5 Å². The molecule has 2 amide bonds. The van der Waals surface area contributed by atoms with E-state index < -0.39 is 0 Å². The topological polar surface area (TPSA) is 49.4 Å². The fourth-order valence-corrected chi connectivity index (χ4v) is 2.89. The van der Waals surface area contributed by atoms with Crippen LogP contribution in [0.5, 0.6) is 0 Å². The van der Waals surface area contributed by atoms with Crippen LogP contribution in [0.3, 0.4) is 0 Å². The van der Waals surface area contributed by atoms with Crippen molar-refractivity contribution in [2.45, 2.75) is 46.1 Å². The molecule has 0 atom stereocenters. The highest BCUT2D eigenvalue weighted by Gasteiger charge is 2.30. The molecule has 2 rings (SSSR count). The lowest BCUT2D eigenvalue weighted by atomic mass is 9.93. The largest absolute Gasteiger partial charge is 0.353 e. The molecule has 4 nitrogen and oxygen atoms in total. The van der Waals surface area contributed by atoms with Crippen molar-refractivity contribution in [1.82, 2.24) is 10.2 Å². The number of benzene rings is 1. The third kappa shape index (κ3) is 5.24. The van der Waals surface area contributed by atoms with Crippen LogP contribution < -0.4 is 5.32 Å². The van der Waals surface area contributed by atoms with Crippen molar-refractivity contribution in [3.63, 3.8) is 0 Å². The Morgan fingerprint density at radius 1 is 1.17 bits per heavy atom. The van der Waals surface area contributed by atoms with E-state index in [0.717, 1.165) is 18.4 Å². The Bertz CT molecular complexity index is 555. The molecule has 0 bridgehead atoms. The molecule has 1 aliphatic heterocycles. The van der Waals surface area contributed by atoms with Gasteiger partial charge in [-0.3, -0.25) is 9.59 Å². The number of nitrogens with zero attached hydrogens (tertiary/aromatic N) is 1. The maximum Gasteiger partial charge on any atom is 0.227 e. The van der Waals surface area contributed by atoms with Gasteiger partial charge in [-0.15, -0.1) is 0 Å². The van der Waals surface area contributed by atoms with E-state index in [1.807, 2.05) is 37.8 Å². The highest BCUT2D eigenvalue weighted by Crippen LogP contribution is 2.21. The maximum atomic E-state index is 12.2. The fourth-order valence-electron chi connectivity index (χ4n) is 2.77. The molecule has 0 aromatic heterocycles. The summed E-state index contributed by atoms with van der Waals surface area (Å²) in [6.45, 7) is 7.24. The van der Waals surface area contributed by atoms with Gasteiger partial charge in [-0.05, 0) is 30.5 Å². The maximum absolute atomic E-state index is 12.2. The van der Waals surface area contributed by atoms with Gasteiger partial charge in [-0.25, -0.2) is 0 Å². The van der Waals surface area contributed by atoms with E-state index in [1.165, 1.54) is 0 Å². The molecule has 1 heterocycles. The molecule has 1 fully saturated rings. The third-order valence-electron chi connectivity index (χ3n) is 4.07. The quantitative estimate of drug-likeness (QED) is 0.922. The minimum atomic E-state index is -0.343. The minimum absolute atomic E-state index is 0.0212. The number of rotatable bonds is 3. The van der Waals surface area contributed by atoms with Gasteiger partial charge in [0, 0.05) is 29.6 Å². The molecule has 0 spiro atoms. The Kier molecular flexibility index (Phi) is 5.69. The number of carbonyl (C=O) groups excluding carboxylic acids is 2. The minimum Gasteiger partial charge on any atom is -0.353 e. The lowest BCUT2D eigenvalue weighted by Gasteiger charge is -2.36. The Morgan fingerprint density at radius 3 is 2.26 bits per heavy atom. The number of hydrogen-bond donors (Lipinski definition) is 1. The van der Waals surface area contributed by atoms with Gasteiger partial charge in [0.15, 0.2) is 0 Å². The van der Waals surface area contributed by atoms with Gasteiger partial charge in [-0.1, -0.05) is 44.5 Å². The number of halogens is 1. The van der Waals surface area contributed by atoms with Crippen LogP contribution in [-0.2, 0) is 16.0 Å². The fraction of sp³-hybridized carbons (Fsp3) is 0.556. The number of likely N-dealkylation sites (tertiary alicyclic amines) is 1. The second-order valence-electron chi connectivity index (χ2n) is 7.19. The SMILES string of the molecule is CC(C)(C)C(=O)N1CCC(NC(=O)Cc2ccc(Cl)cc2)CC1. The molecule has 0 radical (unpaired) electrons. The predicted octanol–water partition coefficient (Wildman–Crippen LogP) is 3.04. The van der Waals surface area contributed by atoms with Crippen LogP contribution in [0.15, 0.2) is 24.3 Å². The van der Waals surface area contributed by atoms with E-state index in [4.69, 9.17) is 11.6 Å². The first kappa shape index (κ1) is 17.8. The van der Waals surface area contributed by atoms with Crippen LogP contribution in [0, 0.1) is 5.41 Å². The highest BCUT2D eigenvalue weighted by molar-refractivity contribution is 6.30. The van der Waals surface area contributed by atoms with Crippen molar-refractivity contribution < 1.29 is 9.59 Å². The zero-order valence-corrected chi connectivity index (χ0v) is 14.8. The van der Waals surface area contributed by atoms with Crippen LogP contribution in [-0.4, -0.2) is 35.8 Å². The number of hydrogen-bond acceptors (Lipinski definition) is 2. The molecular formula is C18H25ClN2O2. The summed E-state index contributed by atoms with van der Waals surface area (Å²) in [6, 6.07) is 7.47. The number of carbonyl (C=O) groups is 2. The van der Waals surface area contributed by atoms with Crippen LogP contribution in [0.2, 0.25) is 5.02 Å². The van der Waals surface area contributed by atoms with Crippen LogP contribution >= 0.6 is 11.6 Å². The van der Waals surface area contributed by atoms with E-state index >= 15 is 0 Å². The molecule has 1 saturated heterocycles. The van der Waals surface area contributed by atoms with Crippen molar-refractivity contribution in [1.29, 1.82) is 0 Å².